The maximum absolute atomic E-state index is 13.2. The van der Waals surface area contributed by atoms with Gasteiger partial charge in [0.2, 0.25) is 5.91 Å². The van der Waals surface area contributed by atoms with Crippen molar-refractivity contribution >= 4 is 27.7 Å². The lowest BCUT2D eigenvalue weighted by Crippen LogP contribution is -2.50. The van der Waals surface area contributed by atoms with Gasteiger partial charge in [-0.15, -0.1) is 0 Å². The van der Waals surface area contributed by atoms with E-state index in [9.17, 15) is 9.59 Å². The van der Waals surface area contributed by atoms with Gasteiger partial charge in [0.15, 0.2) is 5.69 Å². The van der Waals surface area contributed by atoms with Crippen molar-refractivity contribution in [1.82, 2.24) is 19.6 Å². The van der Waals surface area contributed by atoms with Gasteiger partial charge in [-0.2, -0.15) is 5.10 Å². The van der Waals surface area contributed by atoms with Crippen LogP contribution in [0.25, 0.3) is 0 Å². The molecule has 2 amide bonds. The molecule has 2 aliphatic rings. The molecule has 33 heavy (non-hydrogen) atoms. The molecule has 0 saturated carbocycles. The molecule has 2 aliphatic heterocycles. The summed E-state index contributed by atoms with van der Waals surface area (Å²) in [6.45, 7) is 7.46. The molecule has 1 aromatic heterocycles. The largest absolute Gasteiger partial charge is 0.490 e. The summed E-state index contributed by atoms with van der Waals surface area (Å²) in [4.78, 5) is 30.1. The third-order valence-corrected chi connectivity index (χ3v) is 7.17. The Kier molecular flexibility index (Phi) is 7.73. The SMILES string of the molecule is CCn1nc(C(=O)N2CC[C@H](Oc3cccc(Br)c3)[C@@H](CC(=O)N3CCCCC3)C2)cc1C. The molecule has 4 rings (SSSR count). The fraction of sp³-hybridized carbons (Fsp3) is 0.560. The fourth-order valence-electron chi connectivity index (χ4n) is 4.85. The van der Waals surface area contributed by atoms with Crippen LogP contribution in [-0.4, -0.2) is 63.7 Å². The van der Waals surface area contributed by atoms with E-state index in [0.29, 0.717) is 31.6 Å². The lowest BCUT2D eigenvalue weighted by atomic mass is 9.90. The third kappa shape index (κ3) is 5.78. The van der Waals surface area contributed by atoms with Crippen LogP contribution in [0, 0.1) is 12.8 Å². The summed E-state index contributed by atoms with van der Waals surface area (Å²) in [6.07, 6.45) is 4.28. The highest BCUT2D eigenvalue weighted by atomic mass is 79.9. The number of carbonyl (C=O) groups excluding carboxylic acids is 2. The van der Waals surface area contributed by atoms with E-state index in [-0.39, 0.29) is 23.8 Å². The smallest absolute Gasteiger partial charge is 0.274 e. The first kappa shape index (κ1) is 23.8. The van der Waals surface area contributed by atoms with Gasteiger partial charge in [0.1, 0.15) is 11.9 Å². The monoisotopic (exact) mass is 516 g/mol. The number of benzene rings is 1. The minimum absolute atomic E-state index is 0.0644. The van der Waals surface area contributed by atoms with Crippen LogP contribution in [0.2, 0.25) is 0 Å². The van der Waals surface area contributed by atoms with Crippen LogP contribution in [0.5, 0.6) is 5.75 Å². The zero-order valence-corrected chi connectivity index (χ0v) is 21.1. The van der Waals surface area contributed by atoms with Crippen LogP contribution in [-0.2, 0) is 11.3 Å². The van der Waals surface area contributed by atoms with Gasteiger partial charge in [-0.05, 0) is 57.4 Å². The highest BCUT2D eigenvalue weighted by molar-refractivity contribution is 9.10. The van der Waals surface area contributed by atoms with Gasteiger partial charge < -0.3 is 14.5 Å². The van der Waals surface area contributed by atoms with Gasteiger partial charge in [0.05, 0.1) is 0 Å². The van der Waals surface area contributed by atoms with Gasteiger partial charge >= 0.3 is 0 Å². The number of aromatic nitrogens is 2. The molecule has 3 heterocycles. The first-order valence-electron chi connectivity index (χ1n) is 12.0. The number of rotatable bonds is 6. The van der Waals surface area contributed by atoms with Gasteiger partial charge in [-0.3, -0.25) is 14.3 Å². The Hall–Kier alpha value is -2.35. The van der Waals surface area contributed by atoms with Crippen LogP contribution in [0.3, 0.4) is 0 Å². The zero-order valence-electron chi connectivity index (χ0n) is 19.5. The first-order valence-corrected chi connectivity index (χ1v) is 12.8. The van der Waals surface area contributed by atoms with Crippen molar-refractivity contribution in [3.63, 3.8) is 0 Å². The maximum atomic E-state index is 13.2. The lowest BCUT2D eigenvalue weighted by molar-refractivity contribution is -0.134. The Labute approximate surface area is 204 Å². The summed E-state index contributed by atoms with van der Waals surface area (Å²) in [6, 6.07) is 9.64. The molecule has 7 nitrogen and oxygen atoms in total. The van der Waals surface area contributed by atoms with E-state index in [0.717, 1.165) is 48.4 Å². The van der Waals surface area contributed by atoms with E-state index in [1.807, 2.05) is 58.7 Å². The van der Waals surface area contributed by atoms with Gasteiger partial charge in [0, 0.05) is 61.6 Å². The second-order valence-corrected chi connectivity index (χ2v) is 9.96. The molecule has 2 saturated heterocycles. The fourth-order valence-corrected chi connectivity index (χ4v) is 5.23. The average Bonchev–Trinajstić information content (AvgIpc) is 3.21. The second-order valence-electron chi connectivity index (χ2n) is 9.05. The molecular formula is C25H33BrN4O3. The number of nitrogens with zero attached hydrogens (tertiary/aromatic N) is 4. The van der Waals surface area contributed by atoms with Crippen LogP contribution in [0.15, 0.2) is 34.8 Å². The van der Waals surface area contributed by atoms with Crippen molar-refractivity contribution < 1.29 is 14.3 Å². The average molecular weight is 517 g/mol. The molecule has 0 unspecified atom stereocenters. The van der Waals surface area contributed by atoms with Crippen molar-refractivity contribution in [2.24, 2.45) is 5.92 Å². The molecular weight excluding hydrogens is 484 g/mol. The van der Waals surface area contributed by atoms with E-state index in [1.54, 1.807) is 0 Å². The van der Waals surface area contributed by atoms with E-state index >= 15 is 0 Å². The van der Waals surface area contributed by atoms with E-state index in [2.05, 4.69) is 21.0 Å². The number of amides is 2. The molecule has 2 atom stereocenters. The Morgan fingerprint density at radius 2 is 1.91 bits per heavy atom. The van der Waals surface area contributed by atoms with Crippen molar-refractivity contribution in [1.29, 1.82) is 0 Å². The summed E-state index contributed by atoms with van der Waals surface area (Å²) in [7, 11) is 0. The van der Waals surface area contributed by atoms with E-state index in [4.69, 9.17) is 4.74 Å². The molecule has 178 valence electrons. The summed E-state index contributed by atoms with van der Waals surface area (Å²) >= 11 is 3.50. The molecule has 8 heteroatoms. The zero-order chi connectivity index (χ0) is 23.4. The first-order chi connectivity index (χ1) is 15.9. The predicted octanol–water partition coefficient (Wildman–Crippen LogP) is 4.29. The van der Waals surface area contributed by atoms with Gasteiger partial charge in [-0.1, -0.05) is 22.0 Å². The van der Waals surface area contributed by atoms with E-state index < -0.39 is 0 Å². The Morgan fingerprint density at radius 3 is 2.61 bits per heavy atom. The van der Waals surface area contributed by atoms with Crippen LogP contribution < -0.4 is 4.74 Å². The van der Waals surface area contributed by atoms with Crippen LogP contribution in [0.1, 0.15) is 55.2 Å². The highest BCUT2D eigenvalue weighted by Gasteiger charge is 2.36. The van der Waals surface area contributed by atoms with Crippen molar-refractivity contribution in [2.75, 3.05) is 26.2 Å². The number of ether oxygens (including phenoxy) is 1. The number of halogens is 1. The van der Waals surface area contributed by atoms with Crippen molar-refractivity contribution in [3.05, 3.63) is 46.2 Å². The number of likely N-dealkylation sites (tertiary alicyclic amines) is 2. The predicted molar refractivity (Wildman–Crippen MR) is 130 cm³/mol. The molecule has 2 aromatic rings. The number of hydrogen-bond acceptors (Lipinski definition) is 4. The summed E-state index contributed by atoms with van der Waals surface area (Å²) in [5, 5.41) is 4.47. The number of hydrogen-bond donors (Lipinski definition) is 0. The van der Waals surface area contributed by atoms with Crippen LogP contribution >= 0.6 is 15.9 Å². The minimum atomic E-state index is -0.118. The van der Waals surface area contributed by atoms with E-state index in [1.165, 1.54) is 6.42 Å². The maximum Gasteiger partial charge on any atom is 0.274 e. The topological polar surface area (TPSA) is 67.7 Å². The minimum Gasteiger partial charge on any atom is -0.490 e. The van der Waals surface area contributed by atoms with Crippen LogP contribution in [0.4, 0.5) is 0 Å². The highest BCUT2D eigenvalue weighted by Crippen LogP contribution is 2.29. The molecule has 0 spiro atoms. The molecule has 0 radical (unpaired) electrons. The Bertz CT molecular complexity index is 986. The molecule has 1 aromatic carbocycles. The summed E-state index contributed by atoms with van der Waals surface area (Å²) < 4.78 is 9.15. The third-order valence-electron chi connectivity index (χ3n) is 6.68. The standard InChI is InChI=1S/C25H33BrN4O3/c1-3-30-18(2)14-22(27-30)25(32)29-13-10-23(33-21-9-7-8-20(26)16-21)19(17-29)15-24(31)28-11-5-4-6-12-28/h7-9,14,16,19,23H,3-6,10-13,15,17H2,1-2H3/t19-,23-/m0/s1. The number of carbonyl (C=O) groups is 2. The quantitative estimate of drug-likeness (QED) is 0.574. The number of piperidine rings is 2. The Morgan fingerprint density at radius 1 is 1.12 bits per heavy atom. The van der Waals surface area contributed by atoms with Gasteiger partial charge in [-0.25, -0.2) is 0 Å². The Balaban J connectivity index is 1.50. The lowest BCUT2D eigenvalue weighted by Gasteiger charge is -2.39. The van der Waals surface area contributed by atoms with Crippen molar-refractivity contribution in [3.8, 4) is 5.75 Å². The summed E-state index contributed by atoms with van der Waals surface area (Å²) in [5.74, 6) is 0.817. The molecule has 0 aliphatic carbocycles. The van der Waals surface area contributed by atoms with Gasteiger partial charge in [0.25, 0.3) is 5.91 Å². The summed E-state index contributed by atoms with van der Waals surface area (Å²) in [5.41, 5.74) is 1.45. The second kappa shape index (κ2) is 10.7. The normalized spacial score (nSPS) is 21.2. The van der Waals surface area contributed by atoms with Crippen molar-refractivity contribution in [2.45, 2.75) is 58.6 Å². The number of aryl methyl sites for hydroxylation is 2. The molecule has 0 N–H and O–H groups in total. The molecule has 2 fully saturated rings. The molecule has 0 bridgehead atoms.